The van der Waals surface area contributed by atoms with Crippen molar-refractivity contribution >= 4 is 41.0 Å². The molecule has 0 radical (unpaired) electrons. The number of esters is 1. The van der Waals surface area contributed by atoms with Crippen LogP contribution in [0.5, 0.6) is 0 Å². The van der Waals surface area contributed by atoms with Crippen LogP contribution >= 0.6 is 11.6 Å². The predicted octanol–water partition coefficient (Wildman–Crippen LogP) is 1.92. The van der Waals surface area contributed by atoms with E-state index in [1.54, 1.807) is 34.6 Å². The van der Waals surface area contributed by atoms with Crippen LogP contribution in [0, 0.1) is 16.0 Å². The molecule has 0 saturated heterocycles. The van der Waals surface area contributed by atoms with Crippen LogP contribution in [0.25, 0.3) is 0 Å². The molecule has 0 aromatic heterocycles. The van der Waals surface area contributed by atoms with Gasteiger partial charge in [-0.3, -0.25) is 24.5 Å². The second-order valence-electron chi connectivity index (χ2n) is 8.77. The molecule has 0 aliphatic carbocycles. The van der Waals surface area contributed by atoms with Crippen molar-refractivity contribution in [1.82, 2.24) is 15.5 Å². The lowest BCUT2D eigenvalue weighted by atomic mass is 10.0. The van der Waals surface area contributed by atoms with Gasteiger partial charge in [0, 0.05) is 24.7 Å². The smallest absolute Gasteiger partial charge is 0.329 e. The Kier molecular flexibility index (Phi) is 9.78. The Balaban J connectivity index is 2.74. The monoisotopic (exact) mass is 484 g/mol. The van der Waals surface area contributed by atoms with Crippen molar-refractivity contribution in [2.75, 3.05) is 20.2 Å². The highest BCUT2D eigenvalue weighted by Gasteiger charge is 2.28. The first-order valence-electron chi connectivity index (χ1n) is 10.1. The Hall–Kier alpha value is -3.21. The second kappa shape index (κ2) is 11.6. The number of carbonyl (C=O) groups is 4. The molecule has 0 aliphatic heterocycles. The molecule has 1 rings (SSSR count). The zero-order valence-electron chi connectivity index (χ0n) is 19.4. The quantitative estimate of drug-likeness (QED) is 0.309. The predicted molar refractivity (Wildman–Crippen MR) is 121 cm³/mol. The Morgan fingerprint density at radius 2 is 1.82 bits per heavy atom. The molecule has 0 unspecified atom stereocenters. The summed E-state index contributed by atoms with van der Waals surface area (Å²) in [6.45, 7) is 7.91. The van der Waals surface area contributed by atoms with Gasteiger partial charge in [0.25, 0.3) is 17.5 Å². The molecule has 33 heavy (non-hydrogen) atoms. The Morgan fingerprint density at radius 3 is 2.30 bits per heavy atom. The van der Waals surface area contributed by atoms with E-state index in [2.05, 4.69) is 10.6 Å². The van der Waals surface area contributed by atoms with E-state index in [-0.39, 0.29) is 28.7 Å². The van der Waals surface area contributed by atoms with Crippen molar-refractivity contribution < 1.29 is 28.8 Å². The lowest BCUT2D eigenvalue weighted by Crippen LogP contribution is -2.48. The molecule has 11 nitrogen and oxygen atoms in total. The third-order valence-electron chi connectivity index (χ3n) is 4.27. The van der Waals surface area contributed by atoms with Gasteiger partial charge in [-0.15, -0.1) is 0 Å². The summed E-state index contributed by atoms with van der Waals surface area (Å²) in [6.07, 6.45) is 0. The summed E-state index contributed by atoms with van der Waals surface area (Å²) in [5.74, 6) is -2.94. The SMILES string of the molecule is CC(C)[C@H](NC(=O)c1ccc([N+](=O)[O-])cc1Cl)C(=O)OCC(=O)N(C)CC(=O)NC(C)(C)C. The first-order chi connectivity index (χ1) is 15.1. The molecule has 0 aliphatic rings. The molecule has 0 bridgehead atoms. The number of non-ortho nitro benzene ring substituents is 1. The molecule has 1 atom stereocenters. The maximum Gasteiger partial charge on any atom is 0.329 e. The molecule has 0 fully saturated rings. The first-order valence-corrected chi connectivity index (χ1v) is 10.5. The number of nitrogens with one attached hydrogen (secondary N) is 2. The number of halogens is 1. The number of hydrogen-bond donors (Lipinski definition) is 2. The average Bonchev–Trinajstić information content (AvgIpc) is 2.67. The van der Waals surface area contributed by atoms with Crippen molar-refractivity contribution in [3.8, 4) is 0 Å². The third-order valence-corrected chi connectivity index (χ3v) is 4.59. The summed E-state index contributed by atoms with van der Waals surface area (Å²) in [5.41, 5.74) is -0.792. The van der Waals surface area contributed by atoms with Crippen LogP contribution in [0.4, 0.5) is 5.69 Å². The fraction of sp³-hybridized carbons (Fsp3) is 0.524. The Labute approximate surface area is 196 Å². The first kappa shape index (κ1) is 27.8. The molecular weight excluding hydrogens is 456 g/mol. The topological polar surface area (TPSA) is 148 Å². The Bertz CT molecular complexity index is 928. The minimum atomic E-state index is -1.11. The number of nitro groups is 1. The van der Waals surface area contributed by atoms with E-state index in [0.29, 0.717) is 0 Å². The van der Waals surface area contributed by atoms with Crippen LogP contribution in [0.15, 0.2) is 18.2 Å². The van der Waals surface area contributed by atoms with Crippen LogP contribution in [0.2, 0.25) is 5.02 Å². The summed E-state index contributed by atoms with van der Waals surface area (Å²) in [7, 11) is 1.40. The number of likely N-dealkylation sites (N-methyl/N-ethyl adjacent to an activating group) is 1. The van der Waals surface area contributed by atoms with Gasteiger partial charge in [-0.25, -0.2) is 4.79 Å². The van der Waals surface area contributed by atoms with Gasteiger partial charge in [0.05, 0.1) is 22.1 Å². The fourth-order valence-electron chi connectivity index (χ4n) is 2.61. The van der Waals surface area contributed by atoms with Gasteiger partial charge in [-0.2, -0.15) is 0 Å². The molecule has 1 aromatic carbocycles. The largest absolute Gasteiger partial charge is 0.454 e. The van der Waals surface area contributed by atoms with E-state index < -0.39 is 46.8 Å². The zero-order chi connectivity index (χ0) is 25.5. The minimum absolute atomic E-state index is 0.0543. The highest BCUT2D eigenvalue weighted by atomic mass is 35.5. The number of ether oxygens (including phenoxy) is 1. The van der Waals surface area contributed by atoms with Gasteiger partial charge in [0.1, 0.15) is 6.04 Å². The number of nitrogens with zero attached hydrogens (tertiary/aromatic N) is 2. The van der Waals surface area contributed by atoms with Crippen LogP contribution in [-0.2, 0) is 19.1 Å². The van der Waals surface area contributed by atoms with E-state index >= 15 is 0 Å². The minimum Gasteiger partial charge on any atom is -0.454 e. The summed E-state index contributed by atoms with van der Waals surface area (Å²) in [6, 6.07) is 2.22. The summed E-state index contributed by atoms with van der Waals surface area (Å²) in [4.78, 5) is 60.5. The molecule has 1 aromatic rings. The average molecular weight is 485 g/mol. The third kappa shape index (κ3) is 9.05. The molecule has 0 spiro atoms. The highest BCUT2D eigenvalue weighted by molar-refractivity contribution is 6.34. The number of benzene rings is 1. The maximum absolute atomic E-state index is 12.6. The van der Waals surface area contributed by atoms with Crippen molar-refractivity contribution in [1.29, 1.82) is 0 Å². The molecule has 182 valence electrons. The lowest BCUT2D eigenvalue weighted by Gasteiger charge is -2.24. The zero-order valence-corrected chi connectivity index (χ0v) is 20.2. The van der Waals surface area contributed by atoms with E-state index in [1.165, 1.54) is 13.1 Å². The number of amides is 3. The highest BCUT2D eigenvalue weighted by Crippen LogP contribution is 2.22. The number of hydrogen-bond acceptors (Lipinski definition) is 7. The Morgan fingerprint density at radius 1 is 1.21 bits per heavy atom. The number of carbonyl (C=O) groups excluding carboxylic acids is 4. The number of nitro benzene ring substituents is 1. The van der Waals surface area contributed by atoms with Crippen LogP contribution < -0.4 is 10.6 Å². The van der Waals surface area contributed by atoms with Crippen molar-refractivity contribution in [2.24, 2.45) is 5.92 Å². The standard InChI is InChI=1S/C21H29ClN4O7/c1-12(2)18(23-19(29)14-8-7-13(26(31)32)9-15(14)22)20(30)33-11-17(28)25(6)10-16(27)24-21(3,4)5/h7-9,12,18H,10-11H2,1-6H3,(H,23,29)(H,24,27)/t18-/m0/s1. The molecule has 3 amide bonds. The van der Waals surface area contributed by atoms with Gasteiger partial charge in [0.15, 0.2) is 6.61 Å². The number of rotatable bonds is 9. The summed E-state index contributed by atoms with van der Waals surface area (Å²) >= 11 is 5.97. The van der Waals surface area contributed by atoms with Gasteiger partial charge < -0.3 is 20.3 Å². The van der Waals surface area contributed by atoms with Crippen molar-refractivity contribution in [3.05, 3.63) is 38.9 Å². The molecule has 2 N–H and O–H groups in total. The van der Waals surface area contributed by atoms with Crippen molar-refractivity contribution in [2.45, 2.75) is 46.2 Å². The maximum atomic E-state index is 12.6. The van der Waals surface area contributed by atoms with E-state index in [9.17, 15) is 29.3 Å². The molecular formula is C21H29ClN4O7. The summed E-state index contributed by atoms with van der Waals surface area (Å²) < 4.78 is 5.05. The van der Waals surface area contributed by atoms with Gasteiger partial charge in [-0.1, -0.05) is 25.4 Å². The fourth-order valence-corrected chi connectivity index (χ4v) is 2.87. The second-order valence-corrected chi connectivity index (χ2v) is 9.18. The molecule has 12 heteroatoms. The van der Waals surface area contributed by atoms with Gasteiger partial charge >= 0.3 is 5.97 Å². The van der Waals surface area contributed by atoms with Crippen LogP contribution in [0.1, 0.15) is 45.0 Å². The normalized spacial score (nSPS) is 12.0. The van der Waals surface area contributed by atoms with E-state index in [1.807, 2.05) is 0 Å². The summed E-state index contributed by atoms with van der Waals surface area (Å²) in [5, 5.41) is 15.9. The van der Waals surface area contributed by atoms with E-state index in [4.69, 9.17) is 16.3 Å². The van der Waals surface area contributed by atoms with E-state index in [0.717, 1.165) is 17.0 Å². The van der Waals surface area contributed by atoms with Crippen LogP contribution in [0.3, 0.4) is 0 Å². The molecule has 0 heterocycles. The van der Waals surface area contributed by atoms with Gasteiger partial charge in [0.2, 0.25) is 5.91 Å². The van der Waals surface area contributed by atoms with Crippen LogP contribution in [-0.4, -0.2) is 65.3 Å². The van der Waals surface area contributed by atoms with Crippen molar-refractivity contribution in [3.63, 3.8) is 0 Å². The lowest BCUT2D eigenvalue weighted by molar-refractivity contribution is -0.384. The molecule has 0 saturated carbocycles. The van der Waals surface area contributed by atoms with Gasteiger partial charge in [-0.05, 0) is 32.8 Å².